The normalized spacial score (nSPS) is 10.0. The summed E-state index contributed by atoms with van der Waals surface area (Å²) in [7, 11) is 0. The van der Waals surface area contributed by atoms with Crippen LogP contribution in [0.25, 0.3) is 10.9 Å². The molecule has 0 fully saturated rings. The molecule has 0 saturated carbocycles. The van der Waals surface area contributed by atoms with Crippen LogP contribution in [-0.4, -0.2) is 9.91 Å². The highest BCUT2D eigenvalue weighted by atomic mass is 35.5. The van der Waals surface area contributed by atoms with Gasteiger partial charge < -0.3 is 0 Å². The summed E-state index contributed by atoms with van der Waals surface area (Å²) >= 11 is 5.65. The zero-order chi connectivity index (χ0) is 11.7. The Balaban J connectivity index is 2.76. The lowest BCUT2D eigenvalue weighted by Crippen LogP contribution is -1.92. The highest BCUT2D eigenvalue weighted by molar-refractivity contribution is 6.31. The summed E-state index contributed by atoms with van der Waals surface area (Å²) < 4.78 is 0. The largest absolute Gasteiger partial charge is 0.307 e. The highest BCUT2D eigenvalue weighted by Gasteiger charge is 2.14. The van der Waals surface area contributed by atoms with E-state index in [1.54, 1.807) is 12.1 Å². The number of nitriles is 1. The lowest BCUT2D eigenvalue weighted by atomic mass is 10.1. The molecular formula is C10H4ClN3O2. The SMILES string of the molecule is N#Cc1ccc2nc(Cl)c([N+](=O)[O-])cc2c1. The lowest BCUT2D eigenvalue weighted by Gasteiger charge is -1.99. The Labute approximate surface area is 95.0 Å². The summed E-state index contributed by atoms with van der Waals surface area (Å²) in [6, 6.07) is 7.98. The van der Waals surface area contributed by atoms with E-state index in [2.05, 4.69) is 4.98 Å². The van der Waals surface area contributed by atoms with Gasteiger partial charge in [0.25, 0.3) is 0 Å². The van der Waals surface area contributed by atoms with Crippen LogP contribution in [0.1, 0.15) is 5.56 Å². The molecule has 0 spiro atoms. The van der Waals surface area contributed by atoms with Gasteiger partial charge in [-0.25, -0.2) is 4.98 Å². The second-order valence-corrected chi connectivity index (χ2v) is 3.43. The molecule has 0 saturated heterocycles. The van der Waals surface area contributed by atoms with Crippen molar-refractivity contribution in [2.45, 2.75) is 0 Å². The van der Waals surface area contributed by atoms with Gasteiger partial charge in [-0.1, -0.05) is 11.6 Å². The van der Waals surface area contributed by atoms with Gasteiger partial charge in [-0.2, -0.15) is 5.26 Å². The topological polar surface area (TPSA) is 79.8 Å². The summed E-state index contributed by atoms with van der Waals surface area (Å²) in [6.45, 7) is 0. The molecule has 1 aromatic carbocycles. The number of halogens is 1. The maximum absolute atomic E-state index is 10.6. The Morgan fingerprint density at radius 3 is 2.81 bits per heavy atom. The van der Waals surface area contributed by atoms with Crippen LogP contribution in [0.2, 0.25) is 5.15 Å². The van der Waals surface area contributed by atoms with E-state index in [9.17, 15) is 10.1 Å². The fraction of sp³-hybridized carbons (Fsp3) is 0. The fourth-order valence-corrected chi connectivity index (χ4v) is 1.55. The lowest BCUT2D eigenvalue weighted by molar-refractivity contribution is -0.384. The van der Waals surface area contributed by atoms with E-state index >= 15 is 0 Å². The van der Waals surface area contributed by atoms with Gasteiger partial charge in [-0.3, -0.25) is 10.1 Å². The summed E-state index contributed by atoms with van der Waals surface area (Å²) in [6.07, 6.45) is 0. The van der Waals surface area contributed by atoms with Gasteiger partial charge in [0.05, 0.1) is 22.1 Å². The van der Waals surface area contributed by atoms with E-state index in [1.165, 1.54) is 12.1 Å². The molecule has 0 N–H and O–H groups in total. The fourth-order valence-electron chi connectivity index (χ4n) is 1.34. The Kier molecular flexibility index (Phi) is 2.43. The van der Waals surface area contributed by atoms with Crippen molar-refractivity contribution in [3.63, 3.8) is 0 Å². The zero-order valence-corrected chi connectivity index (χ0v) is 8.60. The molecule has 0 unspecified atom stereocenters. The smallest absolute Gasteiger partial charge is 0.258 e. The third-order valence-corrected chi connectivity index (χ3v) is 2.35. The van der Waals surface area contributed by atoms with Gasteiger partial charge in [-0.15, -0.1) is 0 Å². The number of nitrogens with zero attached hydrogens (tertiary/aromatic N) is 3. The van der Waals surface area contributed by atoms with E-state index in [-0.39, 0.29) is 10.8 Å². The van der Waals surface area contributed by atoms with Crippen LogP contribution >= 0.6 is 11.6 Å². The van der Waals surface area contributed by atoms with E-state index in [4.69, 9.17) is 16.9 Å². The third-order valence-electron chi connectivity index (χ3n) is 2.08. The second-order valence-electron chi connectivity index (χ2n) is 3.07. The number of fused-ring (bicyclic) bond motifs is 1. The molecule has 0 radical (unpaired) electrons. The first kappa shape index (κ1) is 10.3. The van der Waals surface area contributed by atoms with Crippen LogP contribution in [0.4, 0.5) is 5.69 Å². The molecule has 2 aromatic rings. The Hall–Kier alpha value is -2.19. The highest BCUT2D eigenvalue weighted by Crippen LogP contribution is 2.26. The number of nitro groups is 1. The van der Waals surface area contributed by atoms with E-state index in [0.29, 0.717) is 16.5 Å². The average Bonchev–Trinajstić information content (AvgIpc) is 2.27. The van der Waals surface area contributed by atoms with Crippen molar-refractivity contribution in [2.24, 2.45) is 0 Å². The molecule has 2 rings (SSSR count). The van der Waals surface area contributed by atoms with Crippen molar-refractivity contribution < 1.29 is 4.92 Å². The van der Waals surface area contributed by atoms with Gasteiger partial charge in [0.2, 0.25) is 5.15 Å². The van der Waals surface area contributed by atoms with Crippen LogP contribution in [0, 0.1) is 21.4 Å². The quantitative estimate of drug-likeness (QED) is 0.431. The standard InChI is InChI=1S/C10H4ClN3O2/c11-10-9(14(15)16)4-7-3-6(5-12)1-2-8(7)13-10/h1-4H. The monoisotopic (exact) mass is 233 g/mol. The minimum Gasteiger partial charge on any atom is -0.258 e. The maximum Gasteiger partial charge on any atom is 0.307 e. The summed E-state index contributed by atoms with van der Waals surface area (Å²) in [5.41, 5.74) is 0.685. The molecule has 0 amide bonds. The predicted octanol–water partition coefficient (Wildman–Crippen LogP) is 2.67. The minimum atomic E-state index is -0.603. The van der Waals surface area contributed by atoms with Gasteiger partial charge in [0.15, 0.2) is 0 Å². The number of rotatable bonds is 1. The number of aromatic nitrogens is 1. The first-order chi connectivity index (χ1) is 7.61. The van der Waals surface area contributed by atoms with Crippen LogP contribution in [0.15, 0.2) is 24.3 Å². The molecule has 1 aromatic heterocycles. The number of benzene rings is 1. The van der Waals surface area contributed by atoms with Crippen LogP contribution in [-0.2, 0) is 0 Å². The van der Waals surface area contributed by atoms with E-state index in [1.807, 2.05) is 6.07 Å². The summed E-state index contributed by atoms with van der Waals surface area (Å²) in [5.74, 6) is 0. The molecule has 78 valence electrons. The summed E-state index contributed by atoms with van der Waals surface area (Å²) in [5, 5.41) is 19.7. The zero-order valence-electron chi connectivity index (χ0n) is 7.85. The molecule has 0 aliphatic rings. The van der Waals surface area contributed by atoms with Crippen molar-refractivity contribution in [1.29, 1.82) is 5.26 Å². The summed E-state index contributed by atoms with van der Waals surface area (Å²) in [4.78, 5) is 13.9. The molecule has 0 aliphatic carbocycles. The van der Waals surface area contributed by atoms with Gasteiger partial charge in [-0.05, 0) is 18.2 Å². The minimum absolute atomic E-state index is 0.151. The van der Waals surface area contributed by atoms with Crippen LogP contribution in [0.3, 0.4) is 0 Å². The Morgan fingerprint density at radius 1 is 1.44 bits per heavy atom. The number of hydrogen-bond donors (Lipinski definition) is 0. The van der Waals surface area contributed by atoms with E-state index in [0.717, 1.165) is 0 Å². The molecule has 6 heteroatoms. The Morgan fingerprint density at radius 2 is 2.19 bits per heavy atom. The molecule has 5 nitrogen and oxygen atoms in total. The van der Waals surface area contributed by atoms with Crippen molar-refractivity contribution in [2.75, 3.05) is 0 Å². The van der Waals surface area contributed by atoms with Crippen LogP contribution < -0.4 is 0 Å². The van der Waals surface area contributed by atoms with Gasteiger partial charge in [0.1, 0.15) is 0 Å². The third kappa shape index (κ3) is 1.66. The first-order valence-corrected chi connectivity index (χ1v) is 4.64. The number of hydrogen-bond acceptors (Lipinski definition) is 4. The van der Waals surface area contributed by atoms with Crippen LogP contribution in [0.5, 0.6) is 0 Å². The van der Waals surface area contributed by atoms with Crippen molar-refractivity contribution in [1.82, 2.24) is 4.98 Å². The Bertz CT molecular complexity index is 634. The van der Waals surface area contributed by atoms with Gasteiger partial charge >= 0.3 is 5.69 Å². The molecule has 16 heavy (non-hydrogen) atoms. The maximum atomic E-state index is 10.6. The van der Waals surface area contributed by atoms with Crippen molar-refractivity contribution in [3.05, 3.63) is 45.1 Å². The van der Waals surface area contributed by atoms with Crippen molar-refractivity contribution >= 4 is 28.2 Å². The average molecular weight is 234 g/mol. The number of pyridine rings is 1. The molecule has 0 atom stereocenters. The molecule has 0 bridgehead atoms. The van der Waals surface area contributed by atoms with E-state index < -0.39 is 4.92 Å². The second kappa shape index (κ2) is 3.76. The predicted molar refractivity (Wildman–Crippen MR) is 58.1 cm³/mol. The molecule has 1 heterocycles. The van der Waals surface area contributed by atoms with Crippen molar-refractivity contribution in [3.8, 4) is 6.07 Å². The first-order valence-electron chi connectivity index (χ1n) is 4.26. The van der Waals surface area contributed by atoms with Gasteiger partial charge in [0, 0.05) is 11.5 Å². The molecular weight excluding hydrogens is 230 g/mol. The molecule has 0 aliphatic heterocycles.